The highest BCUT2D eigenvalue weighted by Gasteiger charge is 2.42. The second-order valence-corrected chi connectivity index (χ2v) is 15.0. The molecule has 2 aromatic heterocycles. The maximum atomic E-state index is 14.0. The maximum Gasteiger partial charge on any atom is 0.245 e. The van der Waals surface area contributed by atoms with Crippen LogP contribution in [0.1, 0.15) is 69.9 Å². The molecule has 6 rings (SSSR count). The standard InChI is InChI=1S/C33H40N4O3S2.H2/c1-23-11-10-18-36(23)32-17-16-28(20-34-32)42(39,40)35-21-24(2)37(30(22-35)26-12-6-4-7-13-26)29-19-31(41-33(29)25(3)38)27-14-8-5-9-15-27;/h5,8-9,14-17,19-20,23,26,30H,2,4,6-7,10-13,18,21-22H2,1,3H3;1H/t23-,30?;/m1./s1. The molecule has 224 valence electrons. The summed E-state index contributed by atoms with van der Waals surface area (Å²) in [5, 5.41) is 0. The number of rotatable bonds is 7. The first-order chi connectivity index (χ1) is 20.2. The predicted molar refractivity (Wildman–Crippen MR) is 173 cm³/mol. The quantitative estimate of drug-likeness (QED) is 0.265. The summed E-state index contributed by atoms with van der Waals surface area (Å²) in [6.45, 7) is 9.69. The summed E-state index contributed by atoms with van der Waals surface area (Å²) in [6.07, 6.45) is 9.31. The van der Waals surface area contributed by atoms with Crippen LogP contribution in [-0.2, 0) is 10.0 Å². The number of nitrogens with zero attached hydrogens (tertiary/aromatic N) is 4. The van der Waals surface area contributed by atoms with Gasteiger partial charge in [0.15, 0.2) is 5.78 Å². The number of aromatic nitrogens is 1. The van der Waals surface area contributed by atoms with Crippen molar-refractivity contribution >= 4 is 38.6 Å². The topological polar surface area (TPSA) is 73.8 Å². The van der Waals surface area contributed by atoms with E-state index in [1.165, 1.54) is 24.0 Å². The first-order valence-corrected chi connectivity index (χ1v) is 17.4. The summed E-state index contributed by atoms with van der Waals surface area (Å²) in [7, 11) is -3.79. The lowest BCUT2D eigenvalue weighted by atomic mass is 9.82. The van der Waals surface area contributed by atoms with Crippen molar-refractivity contribution in [2.24, 2.45) is 5.92 Å². The normalized spacial score (nSPS) is 22.6. The molecule has 0 N–H and O–H groups in total. The Morgan fingerprint density at radius 2 is 1.81 bits per heavy atom. The number of piperazine rings is 1. The highest BCUT2D eigenvalue weighted by molar-refractivity contribution is 7.89. The molecule has 9 heteroatoms. The lowest BCUT2D eigenvalue weighted by Gasteiger charge is -2.47. The van der Waals surface area contributed by atoms with Gasteiger partial charge in [-0.25, -0.2) is 13.4 Å². The summed E-state index contributed by atoms with van der Waals surface area (Å²) in [4.78, 5) is 23.9. The number of pyridine rings is 1. The molecule has 1 saturated carbocycles. The fraction of sp³-hybridized carbons (Fsp3) is 0.455. The molecule has 3 aliphatic rings. The van der Waals surface area contributed by atoms with Crippen molar-refractivity contribution in [2.45, 2.75) is 75.8 Å². The Labute approximate surface area is 255 Å². The zero-order valence-corrected chi connectivity index (χ0v) is 26.2. The van der Waals surface area contributed by atoms with E-state index in [4.69, 9.17) is 0 Å². The third kappa shape index (κ3) is 5.54. The molecular formula is C33H42N4O3S2. The maximum absolute atomic E-state index is 14.0. The number of Topliss-reactive ketones (excluding diaryl/α,β-unsaturated/α-hetero) is 1. The molecule has 0 spiro atoms. The second-order valence-electron chi connectivity index (χ2n) is 12.0. The van der Waals surface area contributed by atoms with E-state index < -0.39 is 10.0 Å². The molecule has 4 heterocycles. The van der Waals surface area contributed by atoms with Crippen molar-refractivity contribution in [3.8, 4) is 10.4 Å². The highest BCUT2D eigenvalue weighted by atomic mass is 32.2. The van der Waals surface area contributed by atoms with Gasteiger partial charge in [-0.1, -0.05) is 56.2 Å². The Hall–Kier alpha value is -3.01. The minimum absolute atomic E-state index is 0. The van der Waals surface area contributed by atoms with Gasteiger partial charge in [-0.15, -0.1) is 11.3 Å². The average molecular weight is 607 g/mol. The molecule has 3 fully saturated rings. The van der Waals surface area contributed by atoms with E-state index in [9.17, 15) is 13.2 Å². The van der Waals surface area contributed by atoms with Gasteiger partial charge in [0.05, 0.1) is 23.2 Å². The molecule has 0 bridgehead atoms. The zero-order chi connectivity index (χ0) is 29.4. The smallest absolute Gasteiger partial charge is 0.245 e. The molecule has 3 aromatic rings. The Balaban J connectivity index is 0.00000368. The van der Waals surface area contributed by atoms with Crippen molar-refractivity contribution < 1.29 is 14.6 Å². The Morgan fingerprint density at radius 1 is 1.05 bits per heavy atom. The first kappa shape index (κ1) is 29.1. The third-order valence-corrected chi connectivity index (χ3v) is 12.2. The lowest BCUT2D eigenvalue weighted by Crippen LogP contribution is -2.56. The lowest BCUT2D eigenvalue weighted by molar-refractivity contribution is 0.102. The van der Waals surface area contributed by atoms with Gasteiger partial charge < -0.3 is 9.80 Å². The van der Waals surface area contributed by atoms with Crippen molar-refractivity contribution in [3.63, 3.8) is 0 Å². The molecule has 2 aliphatic heterocycles. The van der Waals surface area contributed by atoms with Crippen LogP contribution in [0.2, 0.25) is 0 Å². The third-order valence-electron chi connectivity index (χ3n) is 9.17. The fourth-order valence-electron chi connectivity index (χ4n) is 6.95. The summed E-state index contributed by atoms with van der Waals surface area (Å²) in [6, 6.07) is 16.1. The monoisotopic (exact) mass is 606 g/mol. The van der Waals surface area contributed by atoms with Crippen LogP contribution in [0.3, 0.4) is 0 Å². The number of carbonyl (C=O) groups is 1. The summed E-state index contributed by atoms with van der Waals surface area (Å²) < 4.78 is 29.6. The van der Waals surface area contributed by atoms with Crippen LogP contribution >= 0.6 is 11.3 Å². The van der Waals surface area contributed by atoms with Crippen LogP contribution in [0.25, 0.3) is 10.4 Å². The van der Waals surface area contributed by atoms with E-state index in [2.05, 4.69) is 46.5 Å². The number of sulfonamides is 1. The van der Waals surface area contributed by atoms with Gasteiger partial charge in [0.25, 0.3) is 0 Å². The second kappa shape index (κ2) is 11.9. The zero-order valence-electron chi connectivity index (χ0n) is 24.5. The molecule has 2 saturated heterocycles. The number of benzene rings is 1. The molecule has 1 unspecified atom stereocenters. The molecule has 2 atom stereocenters. The van der Waals surface area contributed by atoms with E-state index >= 15 is 0 Å². The van der Waals surface area contributed by atoms with E-state index in [1.54, 1.807) is 17.3 Å². The predicted octanol–water partition coefficient (Wildman–Crippen LogP) is 7.22. The highest BCUT2D eigenvalue weighted by Crippen LogP contribution is 2.43. The minimum atomic E-state index is -3.79. The van der Waals surface area contributed by atoms with Crippen LogP contribution in [0.4, 0.5) is 11.5 Å². The van der Waals surface area contributed by atoms with Crippen LogP contribution in [0.15, 0.2) is 71.9 Å². The number of anilines is 2. The summed E-state index contributed by atoms with van der Waals surface area (Å²) in [5.41, 5.74) is 2.63. The SMILES string of the molecule is C=C1CN(S(=O)(=O)c2ccc(N3CCC[C@H]3C)nc2)CC(C2CCCCC2)N1c1cc(-c2ccccc2)sc1C(C)=O.[HH]. The summed E-state index contributed by atoms with van der Waals surface area (Å²) in [5.74, 6) is 1.16. The van der Waals surface area contributed by atoms with Crippen molar-refractivity contribution in [3.05, 3.63) is 71.9 Å². The number of carbonyl (C=O) groups excluding carboxylic acids is 1. The number of hydrogen-bond acceptors (Lipinski definition) is 7. The van der Waals surface area contributed by atoms with Crippen LogP contribution in [-0.4, -0.2) is 55.2 Å². The van der Waals surface area contributed by atoms with E-state index in [1.807, 2.05) is 24.3 Å². The largest absolute Gasteiger partial charge is 0.354 e. The van der Waals surface area contributed by atoms with Gasteiger partial charge in [-0.2, -0.15) is 4.31 Å². The number of hydrogen-bond donors (Lipinski definition) is 0. The van der Waals surface area contributed by atoms with Gasteiger partial charge in [0.2, 0.25) is 10.0 Å². The van der Waals surface area contributed by atoms with Crippen LogP contribution in [0.5, 0.6) is 0 Å². The molecule has 42 heavy (non-hydrogen) atoms. The van der Waals surface area contributed by atoms with Gasteiger partial charge >= 0.3 is 0 Å². The van der Waals surface area contributed by atoms with E-state index in [0.29, 0.717) is 29.1 Å². The van der Waals surface area contributed by atoms with Crippen molar-refractivity contribution in [2.75, 3.05) is 29.4 Å². The van der Waals surface area contributed by atoms with E-state index in [0.717, 1.165) is 67.0 Å². The Morgan fingerprint density at radius 3 is 2.45 bits per heavy atom. The fourth-order valence-corrected chi connectivity index (χ4v) is 9.40. The molecule has 0 amide bonds. The Kier molecular flexibility index (Phi) is 8.26. The van der Waals surface area contributed by atoms with Gasteiger partial charge in [0.1, 0.15) is 10.7 Å². The summed E-state index contributed by atoms with van der Waals surface area (Å²) >= 11 is 1.50. The molecule has 7 nitrogen and oxygen atoms in total. The van der Waals surface area contributed by atoms with Crippen LogP contribution < -0.4 is 9.80 Å². The average Bonchev–Trinajstić information content (AvgIpc) is 3.64. The van der Waals surface area contributed by atoms with Gasteiger partial charge in [0, 0.05) is 44.3 Å². The van der Waals surface area contributed by atoms with Crippen molar-refractivity contribution in [1.29, 1.82) is 0 Å². The van der Waals surface area contributed by atoms with E-state index in [-0.39, 0.29) is 24.7 Å². The number of ketones is 1. The minimum Gasteiger partial charge on any atom is -0.354 e. The Bertz CT molecular complexity index is 1550. The molecule has 0 radical (unpaired) electrons. The van der Waals surface area contributed by atoms with Crippen molar-refractivity contribution in [1.82, 2.24) is 9.29 Å². The van der Waals surface area contributed by atoms with Gasteiger partial charge in [-0.05, 0) is 62.3 Å². The molecular weight excluding hydrogens is 565 g/mol. The van der Waals surface area contributed by atoms with Crippen LogP contribution in [0, 0.1) is 5.92 Å². The molecule has 1 aromatic carbocycles. The number of thiophene rings is 1. The molecule has 1 aliphatic carbocycles. The van der Waals surface area contributed by atoms with Gasteiger partial charge in [-0.3, -0.25) is 4.79 Å². The first-order valence-electron chi connectivity index (χ1n) is 15.1.